The fourth-order valence-corrected chi connectivity index (χ4v) is 0.500. The molecule has 11 heavy (non-hydrogen) atoms. The van der Waals surface area contributed by atoms with Gasteiger partial charge in [-0.25, -0.2) is 4.98 Å². The highest BCUT2D eigenvalue weighted by molar-refractivity contribution is 5.85. The Morgan fingerprint density at radius 3 is 2.91 bits per heavy atom. The summed E-state index contributed by atoms with van der Waals surface area (Å²) in [5, 5.41) is 9.77. The molecule has 0 aliphatic heterocycles. The molecule has 0 saturated heterocycles. The van der Waals surface area contributed by atoms with Crippen molar-refractivity contribution in [2.75, 3.05) is 0 Å². The van der Waals surface area contributed by atoms with Gasteiger partial charge in [-0.05, 0) is 0 Å². The van der Waals surface area contributed by atoms with Gasteiger partial charge in [0.15, 0.2) is 0 Å². The van der Waals surface area contributed by atoms with Crippen LogP contribution in [-0.2, 0) is 0 Å². The number of aromatic amines is 1. The van der Waals surface area contributed by atoms with Gasteiger partial charge in [0.2, 0.25) is 6.20 Å². The molecule has 0 amide bonds. The Morgan fingerprint density at radius 2 is 2.45 bits per heavy atom. The molecule has 1 rings (SSSR count). The van der Waals surface area contributed by atoms with Gasteiger partial charge in [0.25, 0.3) is 0 Å². The number of H-pyrrole nitrogens is 1. The summed E-state index contributed by atoms with van der Waals surface area (Å²) >= 11 is 0. The first-order chi connectivity index (χ1) is 4.79. The fraction of sp³-hybridized carbons (Fsp3) is 0. The summed E-state index contributed by atoms with van der Waals surface area (Å²) in [4.78, 5) is 15.7. The number of nitrogens with one attached hydrogen (secondary N) is 1. The van der Waals surface area contributed by atoms with Crippen LogP contribution in [0.3, 0.4) is 0 Å². The summed E-state index contributed by atoms with van der Waals surface area (Å²) in [5.41, 5.74) is 0. The molecular weight excluding hydrogens is 170 g/mol. The summed E-state index contributed by atoms with van der Waals surface area (Å²) < 4.78 is 0. The minimum Gasteiger partial charge on any atom is -0.345 e. The van der Waals surface area contributed by atoms with Crippen molar-refractivity contribution in [1.82, 2.24) is 9.97 Å². The zero-order valence-electron chi connectivity index (χ0n) is 5.43. The zero-order chi connectivity index (χ0) is 7.40. The van der Waals surface area contributed by atoms with E-state index in [2.05, 4.69) is 9.97 Å². The van der Waals surface area contributed by atoms with Gasteiger partial charge >= 0.3 is 0 Å². The third-order valence-corrected chi connectivity index (χ3v) is 0.873. The second-order valence-electron chi connectivity index (χ2n) is 1.58. The summed E-state index contributed by atoms with van der Waals surface area (Å²) in [6, 6.07) is 0. The van der Waals surface area contributed by atoms with Gasteiger partial charge in [0.05, 0.1) is 11.0 Å². The largest absolute Gasteiger partial charge is 0.345 e. The van der Waals surface area contributed by atoms with Crippen molar-refractivity contribution < 1.29 is 4.92 Å². The number of nitrogens with zero attached hydrogens (tertiary/aromatic N) is 2. The van der Waals surface area contributed by atoms with E-state index in [0.717, 1.165) is 6.20 Å². The van der Waals surface area contributed by atoms with Crippen molar-refractivity contribution in [3.8, 4) is 0 Å². The Labute approximate surface area is 68.7 Å². The van der Waals surface area contributed by atoms with E-state index in [9.17, 15) is 10.1 Å². The molecule has 0 aromatic carbocycles. The minimum absolute atomic E-state index is 0. The molecule has 1 N–H and O–H groups in total. The lowest BCUT2D eigenvalue weighted by Crippen LogP contribution is -1.82. The monoisotopic (exact) mass is 175 g/mol. The van der Waals surface area contributed by atoms with E-state index in [1.165, 1.54) is 12.3 Å². The average Bonchev–Trinajstić information content (AvgIpc) is 2.34. The standard InChI is InChI=1S/C5H5N3O2.ClH/c9-8(10)4-1-5-6-2-3-7-5;/h1-4H,(H,6,7);1H/b4-1+;. The molecule has 0 aliphatic rings. The SMILES string of the molecule is Cl.O=[N+]([O-])/C=C/c1ncc[nH]1. The van der Waals surface area contributed by atoms with E-state index in [-0.39, 0.29) is 12.4 Å². The van der Waals surface area contributed by atoms with Crippen LogP contribution in [0.5, 0.6) is 0 Å². The van der Waals surface area contributed by atoms with E-state index in [4.69, 9.17) is 0 Å². The maximum Gasteiger partial charge on any atom is 0.238 e. The first kappa shape index (κ1) is 9.64. The Kier molecular flexibility index (Phi) is 3.90. The highest BCUT2D eigenvalue weighted by atomic mass is 35.5. The maximum absolute atomic E-state index is 9.77. The molecule has 0 aliphatic carbocycles. The molecule has 0 bridgehead atoms. The van der Waals surface area contributed by atoms with Gasteiger partial charge in [0, 0.05) is 12.4 Å². The van der Waals surface area contributed by atoms with Crippen molar-refractivity contribution in [3.05, 3.63) is 34.5 Å². The molecule has 1 heterocycles. The highest BCUT2D eigenvalue weighted by Gasteiger charge is 1.88. The first-order valence-electron chi connectivity index (χ1n) is 2.60. The number of nitro groups is 1. The Hall–Kier alpha value is -1.36. The van der Waals surface area contributed by atoms with Crippen LogP contribution in [0.2, 0.25) is 0 Å². The van der Waals surface area contributed by atoms with Crippen molar-refractivity contribution in [2.45, 2.75) is 0 Å². The normalized spacial score (nSPS) is 9.45. The number of hydrogen-bond donors (Lipinski definition) is 1. The van der Waals surface area contributed by atoms with Gasteiger partial charge in [-0.2, -0.15) is 0 Å². The zero-order valence-corrected chi connectivity index (χ0v) is 6.25. The fourth-order valence-electron chi connectivity index (χ4n) is 0.500. The third-order valence-electron chi connectivity index (χ3n) is 0.873. The van der Waals surface area contributed by atoms with Crippen LogP contribution in [0.25, 0.3) is 6.08 Å². The Bertz CT molecular complexity index is 244. The average molecular weight is 176 g/mol. The molecule has 1 aromatic rings. The number of rotatable bonds is 2. The van der Waals surface area contributed by atoms with E-state index < -0.39 is 4.92 Å². The van der Waals surface area contributed by atoms with Crippen molar-refractivity contribution in [3.63, 3.8) is 0 Å². The summed E-state index contributed by atoms with van der Waals surface area (Å²) in [5.74, 6) is 0.483. The molecule has 0 radical (unpaired) electrons. The number of hydrogen-bond acceptors (Lipinski definition) is 3. The molecule has 1 aromatic heterocycles. The van der Waals surface area contributed by atoms with E-state index >= 15 is 0 Å². The lowest BCUT2D eigenvalue weighted by atomic mass is 10.6. The first-order valence-corrected chi connectivity index (χ1v) is 2.60. The summed E-state index contributed by atoms with van der Waals surface area (Å²) in [6.07, 6.45) is 5.25. The molecule has 0 saturated carbocycles. The van der Waals surface area contributed by atoms with Crippen LogP contribution < -0.4 is 0 Å². The van der Waals surface area contributed by atoms with Gasteiger partial charge < -0.3 is 4.98 Å². The number of aromatic nitrogens is 2. The second kappa shape index (κ2) is 4.45. The number of halogens is 1. The molecule has 0 fully saturated rings. The second-order valence-corrected chi connectivity index (χ2v) is 1.58. The van der Waals surface area contributed by atoms with Crippen LogP contribution in [0.4, 0.5) is 0 Å². The van der Waals surface area contributed by atoms with Crippen LogP contribution in [-0.4, -0.2) is 14.9 Å². The maximum atomic E-state index is 9.77. The van der Waals surface area contributed by atoms with Crippen molar-refractivity contribution in [1.29, 1.82) is 0 Å². The quantitative estimate of drug-likeness (QED) is 0.540. The molecule has 5 nitrogen and oxygen atoms in total. The predicted octanol–water partition coefficient (Wildman–Crippen LogP) is 1.08. The number of imidazole rings is 1. The smallest absolute Gasteiger partial charge is 0.238 e. The Morgan fingerprint density at radius 1 is 1.73 bits per heavy atom. The third kappa shape index (κ3) is 3.36. The molecular formula is C5H6ClN3O2. The molecule has 0 spiro atoms. The van der Waals surface area contributed by atoms with Crippen LogP contribution >= 0.6 is 12.4 Å². The van der Waals surface area contributed by atoms with Crippen LogP contribution in [0, 0.1) is 10.1 Å². The van der Waals surface area contributed by atoms with Gasteiger partial charge in [-0.15, -0.1) is 12.4 Å². The summed E-state index contributed by atoms with van der Waals surface area (Å²) in [6.45, 7) is 0. The minimum atomic E-state index is -0.539. The molecule has 60 valence electrons. The van der Waals surface area contributed by atoms with E-state index in [1.54, 1.807) is 6.20 Å². The summed E-state index contributed by atoms with van der Waals surface area (Å²) in [7, 11) is 0. The van der Waals surface area contributed by atoms with Crippen LogP contribution in [0.15, 0.2) is 18.6 Å². The molecule has 0 atom stereocenters. The lowest BCUT2D eigenvalue weighted by molar-refractivity contribution is -0.401. The Balaban J connectivity index is 0.000001000. The van der Waals surface area contributed by atoms with Gasteiger partial charge in [-0.3, -0.25) is 10.1 Å². The lowest BCUT2D eigenvalue weighted by Gasteiger charge is -1.77. The van der Waals surface area contributed by atoms with Crippen molar-refractivity contribution >= 4 is 18.5 Å². The predicted molar refractivity (Wildman–Crippen MR) is 41.9 cm³/mol. The topological polar surface area (TPSA) is 71.8 Å². The van der Waals surface area contributed by atoms with E-state index in [0.29, 0.717) is 5.82 Å². The molecule has 0 unspecified atom stereocenters. The van der Waals surface area contributed by atoms with Crippen LogP contribution in [0.1, 0.15) is 5.82 Å². The highest BCUT2D eigenvalue weighted by Crippen LogP contribution is 1.90. The van der Waals surface area contributed by atoms with E-state index in [1.807, 2.05) is 0 Å². The molecule has 6 heteroatoms. The van der Waals surface area contributed by atoms with Crippen molar-refractivity contribution in [2.24, 2.45) is 0 Å². The van der Waals surface area contributed by atoms with Gasteiger partial charge in [-0.1, -0.05) is 0 Å². The van der Waals surface area contributed by atoms with Gasteiger partial charge in [0.1, 0.15) is 5.82 Å².